The lowest BCUT2D eigenvalue weighted by molar-refractivity contribution is -0.142. The first kappa shape index (κ1) is 12.3. The summed E-state index contributed by atoms with van der Waals surface area (Å²) in [5, 5.41) is 5.75. The quantitative estimate of drug-likeness (QED) is 0.588. The molecule has 0 aliphatic carbocycles. The van der Waals surface area contributed by atoms with Crippen molar-refractivity contribution >= 4 is 11.7 Å². The Kier molecular flexibility index (Phi) is 5.15. The van der Waals surface area contributed by atoms with E-state index in [0.717, 1.165) is 5.56 Å². The van der Waals surface area contributed by atoms with E-state index in [4.69, 9.17) is 4.74 Å². The van der Waals surface area contributed by atoms with Crippen LogP contribution in [-0.4, -0.2) is 19.1 Å². The molecule has 0 heterocycles. The Morgan fingerprint density at radius 3 is 3.00 bits per heavy atom. The van der Waals surface area contributed by atoms with E-state index in [-0.39, 0.29) is 12.5 Å². The zero-order chi connectivity index (χ0) is 11.8. The van der Waals surface area contributed by atoms with E-state index in [0.29, 0.717) is 18.8 Å². The fourth-order valence-electron chi connectivity index (χ4n) is 1.24. The van der Waals surface area contributed by atoms with Gasteiger partial charge in [0.05, 0.1) is 13.2 Å². The average molecular weight is 222 g/mol. The summed E-state index contributed by atoms with van der Waals surface area (Å²) < 4.78 is 4.75. The van der Waals surface area contributed by atoms with Gasteiger partial charge in [-0.05, 0) is 29.8 Å². The Balaban J connectivity index is 2.36. The summed E-state index contributed by atoms with van der Waals surface area (Å²) in [7, 11) is 0. The standard InChI is InChI=1S/C11H14N2O3/c1-2-16-11(14)8-12-7-9-4-3-5-10(6-9)13-15/h3-6,12H,2,7-8H2,1H3. The van der Waals surface area contributed by atoms with Gasteiger partial charge in [-0.25, -0.2) is 0 Å². The van der Waals surface area contributed by atoms with Crippen LogP contribution in [0.15, 0.2) is 29.4 Å². The predicted molar refractivity (Wildman–Crippen MR) is 60.2 cm³/mol. The first-order chi connectivity index (χ1) is 7.76. The van der Waals surface area contributed by atoms with Crippen LogP contribution in [0, 0.1) is 4.91 Å². The SMILES string of the molecule is CCOC(=O)CNCc1cccc(N=O)c1. The van der Waals surface area contributed by atoms with Gasteiger partial charge in [-0.15, -0.1) is 4.91 Å². The molecule has 0 atom stereocenters. The minimum atomic E-state index is -0.285. The normalized spacial score (nSPS) is 9.81. The molecular weight excluding hydrogens is 208 g/mol. The van der Waals surface area contributed by atoms with E-state index >= 15 is 0 Å². The third kappa shape index (κ3) is 4.18. The molecule has 0 aromatic heterocycles. The number of hydrogen-bond acceptors (Lipinski definition) is 5. The van der Waals surface area contributed by atoms with Gasteiger partial charge in [0, 0.05) is 6.54 Å². The molecule has 0 aliphatic heterocycles. The van der Waals surface area contributed by atoms with Gasteiger partial charge in [0.1, 0.15) is 5.69 Å². The fraction of sp³-hybridized carbons (Fsp3) is 0.364. The van der Waals surface area contributed by atoms with E-state index in [1.807, 2.05) is 6.07 Å². The fourth-order valence-corrected chi connectivity index (χ4v) is 1.24. The van der Waals surface area contributed by atoms with Crippen molar-refractivity contribution in [2.24, 2.45) is 5.18 Å². The number of nitrogens with one attached hydrogen (secondary N) is 1. The number of carbonyl (C=O) groups excluding carboxylic acids is 1. The second-order valence-electron chi connectivity index (χ2n) is 3.17. The Morgan fingerprint density at radius 2 is 2.31 bits per heavy atom. The van der Waals surface area contributed by atoms with Gasteiger partial charge < -0.3 is 10.1 Å². The number of ether oxygens (including phenoxy) is 1. The first-order valence-corrected chi connectivity index (χ1v) is 5.05. The van der Waals surface area contributed by atoms with Crippen molar-refractivity contribution in [3.05, 3.63) is 34.7 Å². The highest BCUT2D eigenvalue weighted by Gasteiger charge is 2.01. The van der Waals surface area contributed by atoms with Crippen LogP contribution in [0.2, 0.25) is 0 Å². The highest BCUT2D eigenvalue weighted by molar-refractivity contribution is 5.71. The summed E-state index contributed by atoms with van der Waals surface area (Å²) in [4.78, 5) is 21.3. The Morgan fingerprint density at radius 1 is 1.50 bits per heavy atom. The maximum Gasteiger partial charge on any atom is 0.319 e. The molecule has 0 saturated carbocycles. The number of carbonyl (C=O) groups is 1. The first-order valence-electron chi connectivity index (χ1n) is 5.05. The van der Waals surface area contributed by atoms with Crippen LogP contribution >= 0.6 is 0 Å². The van der Waals surface area contributed by atoms with Gasteiger partial charge in [0.15, 0.2) is 0 Å². The smallest absolute Gasteiger partial charge is 0.319 e. The van der Waals surface area contributed by atoms with Crippen molar-refractivity contribution in [2.45, 2.75) is 13.5 Å². The van der Waals surface area contributed by atoms with Gasteiger partial charge >= 0.3 is 5.97 Å². The minimum Gasteiger partial charge on any atom is -0.465 e. The second kappa shape index (κ2) is 6.68. The lowest BCUT2D eigenvalue weighted by Gasteiger charge is -2.04. The number of nitroso groups, excluding NO2 is 1. The zero-order valence-electron chi connectivity index (χ0n) is 9.10. The van der Waals surface area contributed by atoms with Crippen LogP contribution in [0.25, 0.3) is 0 Å². The average Bonchev–Trinajstić information content (AvgIpc) is 2.30. The van der Waals surface area contributed by atoms with E-state index in [1.54, 1.807) is 25.1 Å². The highest BCUT2D eigenvalue weighted by atomic mass is 16.5. The number of rotatable bonds is 6. The molecule has 1 aromatic carbocycles. The predicted octanol–water partition coefficient (Wildman–Crippen LogP) is 1.74. The second-order valence-corrected chi connectivity index (χ2v) is 3.17. The Labute approximate surface area is 93.8 Å². The molecule has 0 radical (unpaired) electrons. The summed E-state index contributed by atoms with van der Waals surface area (Å²) in [5.74, 6) is -0.285. The van der Waals surface area contributed by atoms with E-state index < -0.39 is 0 Å². The molecule has 86 valence electrons. The molecule has 0 bridgehead atoms. The van der Waals surface area contributed by atoms with Crippen molar-refractivity contribution in [3.8, 4) is 0 Å². The molecule has 1 N–H and O–H groups in total. The third-order valence-electron chi connectivity index (χ3n) is 1.92. The minimum absolute atomic E-state index is 0.159. The van der Waals surface area contributed by atoms with Crippen LogP contribution in [0.1, 0.15) is 12.5 Å². The molecule has 0 amide bonds. The third-order valence-corrected chi connectivity index (χ3v) is 1.92. The monoisotopic (exact) mass is 222 g/mol. The number of nitrogens with zero attached hydrogens (tertiary/aromatic N) is 1. The van der Waals surface area contributed by atoms with E-state index in [2.05, 4.69) is 10.5 Å². The van der Waals surface area contributed by atoms with Gasteiger partial charge in [-0.3, -0.25) is 4.79 Å². The molecule has 1 aromatic rings. The number of benzene rings is 1. The van der Waals surface area contributed by atoms with Gasteiger partial charge in [0.25, 0.3) is 0 Å². The van der Waals surface area contributed by atoms with Crippen LogP contribution in [0.5, 0.6) is 0 Å². The van der Waals surface area contributed by atoms with Crippen molar-refractivity contribution in [1.82, 2.24) is 5.32 Å². The van der Waals surface area contributed by atoms with Crippen molar-refractivity contribution in [2.75, 3.05) is 13.2 Å². The molecule has 5 nitrogen and oxygen atoms in total. The maximum absolute atomic E-state index is 11.0. The van der Waals surface area contributed by atoms with E-state index in [9.17, 15) is 9.70 Å². The topological polar surface area (TPSA) is 67.8 Å². The molecule has 0 unspecified atom stereocenters. The lowest BCUT2D eigenvalue weighted by atomic mass is 10.2. The highest BCUT2D eigenvalue weighted by Crippen LogP contribution is 2.12. The number of esters is 1. The maximum atomic E-state index is 11.0. The van der Waals surface area contributed by atoms with Crippen LogP contribution < -0.4 is 5.32 Å². The Hall–Kier alpha value is -1.75. The molecule has 16 heavy (non-hydrogen) atoms. The summed E-state index contributed by atoms with van der Waals surface area (Å²) in [5.41, 5.74) is 1.29. The zero-order valence-corrected chi connectivity index (χ0v) is 9.10. The summed E-state index contributed by atoms with van der Waals surface area (Å²) in [6.07, 6.45) is 0. The summed E-state index contributed by atoms with van der Waals surface area (Å²) in [6, 6.07) is 6.90. The summed E-state index contributed by atoms with van der Waals surface area (Å²) in [6.45, 7) is 2.80. The van der Waals surface area contributed by atoms with Crippen molar-refractivity contribution < 1.29 is 9.53 Å². The molecular formula is C11H14N2O3. The van der Waals surface area contributed by atoms with Crippen molar-refractivity contribution in [3.63, 3.8) is 0 Å². The molecule has 5 heteroatoms. The van der Waals surface area contributed by atoms with Crippen molar-refractivity contribution in [1.29, 1.82) is 0 Å². The van der Waals surface area contributed by atoms with Gasteiger partial charge in [0.2, 0.25) is 0 Å². The van der Waals surface area contributed by atoms with Gasteiger partial charge in [-0.1, -0.05) is 12.1 Å². The molecule has 0 fully saturated rings. The molecule has 0 aliphatic rings. The van der Waals surface area contributed by atoms with E-state index in [1.165, 1.54) is 0 Å². The van der Waals surface area contributed by atoms with Crippen LogP contribution in [0.4, 0.5) is 5.69 Å². The molecule has 0 saturated heterocycles. The Bertz CT molecular complexity index is 366. The molecule has 1 rings (SSSR count). The molecule has 0 spiro atoms. The van der Waals surface area contributed by atoms with Crippen LogP contribution in [0.3, 0.4) is 0 Å². The lowest BCUT2D eigenvalue weighted by Crippen LogP contribution is -2.24. The largest absolute Gasteiger partial charge is 0.465 e. The van der Waals surface area contributed by atoms with Gasteiger partial charge in [-0.2, -0.15) is 0 Å². The summed E-state index contributed by atoms with van der Waals surface area (Å²) >= 11 is 0. The number of hydrogen-bond donors (Lipinski definition) is 1. The van der Waals surface area contributed by atoms with Crippen LogP contribution in [-0.2, 0) is 16.1 Å².